The predicted molar refractivity (Wildman–Crippen MR) is 154 cm³/mol. The van der Waals surface area contributed by atoms with Crippen molar-refractivity contribution in [3.63, 3.8) is 0 Å². The Labute approximate surface area is 230 Å². The van der Waals surface area contributed by atoms with Gasteiger partial charge in [-0.25, -0.2) is 4.79 Å². The molecular weight excluding hydrogens is 492 g/mol. The van der Waals surface area contributed by atoms with Gasteiger partial charge in [0, 0.05) is 41.8 Å². The maximum absolute atomic E-state index is 14.1. The SMILES string of the molecule is Cc1cccc(NC[C@H](CC(C)C)NC(=O)[C@@H]2CCCC[C@@]2(C(N)=O)c2c(C(=O)O)n(C)c3ccccc23)c1. The molecular formula is C31H40N4O4. The lowest BCUT2D eigenvalue weighted by Crippen LogP contribution is -2.56. The quantitative estimate of drug-likeness (QED) is 0.300. The number of para-hydroxylation sites is 1. The first-order valence-electron chi connectivity index (χ1n) is 13.8. The number of nitrogens with zero attached hydrogens (tertiary/aromatic N) is 1. The van der Waals surface area contributed by atoms with Crippen molar-refractivity contribution in [2.45, 2.75) is 64.3 Å². The second-order valence-corrected chi connectivity index (χ2v) is 11.3. The minimum atomic E-state index is -1.43. The van der Waals surface area contributed by atoms with Gasteiger partial charge in [-0.1, -0.05) is 57.0 Å². The number of hydrogen-bond acceptors (Lipinski definition) is 4. The molecule has 3 aromatic rings. The molecule has 39 heavy (non-hydrogen) atoms. The first kappa shape index (κ1) is 28.2. The van der Waals surface area contributed by atoms with Gasteiger partial charge in [-0.15, -0.1) is 0 Å². The number of rotatable bonds is 10. The van der Waals surface area contributed by atoms with Crippen molar-refractivity contribution in [2.24, 2.45) is 24.6 Å². The fourth-order valence-corrected chi connectivity index (χ4v) is 6.40. The molecule has 1 fully saturated rings. The molecule has 3 atom stereocenters. The number of carboxylic acids is 1. The topological polar surface area (TPSA) is 126 Å². The minimum absolute atomic E-state index is 0.00884. The molecule has 208 valence electrons. The number of carbonyl (C=O) groups is 3. The number of anilines is 1. The van der Waals surface area contributed by atoms with Crippen LogP contribution in [0.25, 0.3) is 10.9 Å². The average Bonchev–Trinajstić information content (AvgIpc) is 3.19. The molecule has 1 aliphatic rings. The van der Waals surface area contributed by atoms with Gasteiger partial charge in [-0.05, 0) is 55.9 Å². The van der Waals surface area contributed by atoms with Crippen LogP contribution in [0, 0.1) is 18.8 Å². The molecule has 4 rings (SSSR count). The molecule has 0 radical (unpaired) electrons. The minimum Gasteiger partial charge on any atom is -0.477 e. The number of amides is 2. The zero-order valence-electron chi connectivity index (χ0n) is 23.3. The average molecular weight is 533 g/mol. The van der Waals surface area contributed by atoms with E-state index in [9.17, 15) is 19.5 Å². The summed E-state index contributed by atoms with van der Waals surface area (Å²) in [5.74, 6) is -2.50. The lowest BCUT2D eigenvalue weighted by atomic mass is 9.60. The Morgan fingerprint density at radius 3 is 2.54 bits per heavy atom. The molecule has 0 spiro atoms. The van der Waals surface area contributed by atoms with Crippen LogP contribution in [0.4, 0.5) is 5.69 Å². The van der Waals surface area contributed by atoms with Crippen LogP contribution < -0.4 is 16.4 Å². The summed E-state index contributed by atoms with van der Waals surface area (Å²) >= 11 is 0. The van der Waals surface area contributed by atoms with Gasteiger partial charge in [-0.2, -0.15) is 0 Å². The van der Waals surface area contributed by atoms with E-state index in [4.69, 9.17) is 5.73 Å². The van der Waals surface area contributed by atoms with Crippen LogP contribution in [0.3, 0.4) is 0 Å². The number of carbonyl (C=O) groups excluding carboxylic acids is 2. The van der Waals surface area contributed by atoms with Crippen molar-refractivity contribution in [3.8, 4) is 0 Å². The summed E-state index contributed by atoms with van der Waals surface area (Å²) in [6.45, 7) is 6.77. The highest BCUT2D eigenvalue weighted by Crippen LogP contribution is 2.48. The van der Waals surface area contributed by atoms with Crippen LogP contribution in [0.1, 0.15) is 67.6 Å². The van der Waals surface area contributed by atoms with Crippen molar-refractivity contribution in [3.05, 3.63) is 65.4 Å². The highest BCUT2D eigenvalue weighted by Gasteiger charge is 2.54. The van der Waals surface area contributed by atoms with Gasteiger partial charge < -0.3 is 26.0 Å². The Balaban J connectivity index is 1.73. The van der Waals surface area contributed by atoms with Gasteiger partial charge in [0.1, 0.15) is 5.69 Å². The van der Waals surface area contributed by atoms with E-state index in [1.807, 2.05) is 49.4 Å². The molecule has 2 aromatic carbocycles. The Bertz CT molecular complexity index is 1380. The monoisotopic (exact) mass is 532 g/mol. The van der Waals surface area contributed by atoms with E-state index in [2.05, 4.69) is 30.5 Å². The Kier molecular flexibility index (Phi) is 8.33. The summed E-state index contributed by atoms with van der Waals surface area (Å²) in [6.07, 6.45) is 2.97. The second-order valence-electron chi connectivity index (χ2n) is 11.3. The lowest BCUT2D eigenvalue weighted by molar-refractivity contribution is -0.137. The van der Waals surface area contributed by atoms with Crippen LogP contribution in [0.15, 0.2) is 48.5 Å². The van der Waals surface area contributed by atoms with Crippen LogP contribution in [-0.2, 0) is 22.1 Å². The van der Waals surface area contributed by atoms with Crippen molar-refractivity contribution in [1.82, 2.24) is 9.88 Å². The number of benzene rings is 2. The van der Waals surface area contributed by atoms with Crippen LogP contribution in [0.2, 0.25) is 0 Å². The van der Waals surface area contributed by atoms with E-state index in [-0.39, 0.29) is 17.6 Å². The van der Waals surface area contributed by atoms with Crippen molar-refractivity contribution in [1.29, 1.82) is 0 Å². The van der Waals surface area contributed by atoms with Gasteiger partial charge in [0.15, 0.2) is 0 Å². The molecule has 0 unspecified atom stereocenters. The largest absolute Gasteiger partial charge is 0.477 e. The number of nitrogens with two attached hydrogens (primary N) is 1. The smallest absolute Gasteiger partial charge is 0.352 e. The molecule has 8 nitrogen and oxygen atoms in total. The fourth-order valence-electron chi connectivity index (χ4n) is 6.40. The molecule has 1 heterocycles. The number of nitrogens with one attached hydrogen (secondary N) is 2. The standard InChI is InChI=1S/C31H40N4O4/c1-19(2)16-22(18-33-21-11-9-10-20(3)17-21)34-28(36)24-13-7-8-15-31(24,30(32)39)26-23-12-5-6-14-25(23)35(4)27(26)29(37)38/h5-6,9-12,14,17,19,22,24,33H,7-8,13,15-16,18H2,1-4H3,(H2,32,39)(H,34,36)(H,37,38)/t22-,24-,31-/m0/s1. The van der Waals surface area contributed by atoms with E-state index >= 15 is 0 Å². The lowest BCUT2D eigenvalue weighted by Gasteiger charge is -2.42. The Hall–Kier alpha value is -3.81. The molecule has 0 saturated heterocycles. The van der Waals surface area contributed by atoms with E-state index in [1.54, 1.807) is 11.6 Å². The zero-order chi connectivity index (χ0) is 28.3. The van der Waals surface area contributed by atoms with Crippen LogP contribution in [0.5, 0.6) is 0 Å². The predicted octanol–water partition coefficient (Wildman–Crippen LogP) is 4.74. The van der Waals surface area contributed by atoms with Crippen molar-refractivity contribution >= 4 is 34.4 Å². The summed E-state index contributed by atoms with van der Waals surface area (Å²) in [5, 5.41) is 17.6. The second kappa shape index (κ2) is 11.5. The number of fused-ring (bicyclic) bond motifs is 1. The third-order valence-corrected chi connectivity index (χ3v) is 8.09. The number of aromatic carboxylic acids is 1. The van der Waals surface area contributed by atoms with Gasteiger partial charge in [0.2, 0.25) is 11.8 Å². The molecule has 5 N–H and O–H groups in total. The molecule has 0 bridgehead atoms. The van der Waals surface area contributed by atoms with Gasteiger partial charge in [0.05, 0.1) is 11.3 Å². The summed E-state index contributed by atoms with van der Waals surface area (Å²) in [4.78, 5) is 40.1. The number of aryl methyl sites for hydroxylation is 2. The third kappa shape index (κ3) is 5.51. The van der Waals surface area contributed by atoms with Gasteiger partial charge in [-0.3, -0.25) is 9.59 Å². The van der Waals surface area contributed by atoms with Crippen molar-refractivity contribution < 1.29 is 19.5 Å². The summed E-state index contributed by atoms with van der Waals surface area (Å²) in [6, 6.07) is 15.2. The zero-order valence-corrected chi connectivity index (χ0v) is 23.3. The number of aromatic nitrogens is 1. The number of carboxylic acid groups (broad SMARTS) is 1. The molecule has 8 heteroatoms. The highest BCUT2D eigenvalue weighted by atomic mass is 16.4. The maximum atomic E-state index is 14.1. The summed E-state index contributed by atoms with van der Waals surface area (Å²) in [7, 11) is 1.68. The third-order valence-electron chi connectivity index (χ3n) is 8.09. The number of primary amides is 1. The normalized spacial score (nSPS) is 20.1. The molecule has 1 aliphatic carbocycles. The molecule has 0 aliphatic heterocycles. The van der Waals surface area contributed by atoms with E-state index in [0.717, 1.165) is 24.1 Å². The molecule has 1 aromatic heterocycles. The van der Waals surface area contributed by atoms with E-state index in [0.29, 0.717) is 48.2 Å². The first-order valence-corrected chi connectivity index (χ1v) is 13.8. The fraction of sp³-hybridized carbons (Fsp3) is 0.452. The summed E-state index contributed by atoms with van der Waals surface area (Å²) < 4.78 is 1.59. The molecule has 2 amide bonds. The molecule has 1 saturated carbocycles. The Morgan fingerprint density at radius 2 is 1.87 bits per heavy atom. The van der Waals surface area contributed by atoms with E-state index in [1.165, 1.54) is 0 Å². The summed E-state index contributed by atoms with van der Waals surface area (Å²) in [5.41, 5.74) is 7.91. The first-order chi connectivity index (χ1) is 18.6. The van der Waals surface area contributed by atoms with Crippen LogP contribution >= 0.6 is 0 Å². The van der Waals surface area contributed by atoms with Crippen molar-refractivity contribution in [2.75, 3.05) is 11.9 Å². The highest BCUT2D eigenvalue weighted by molar-refractivity contribution is 6.06. The van der Waals surface area contributed by atoms with Gasteiger partial charge >= 0.3 is 5.97 Å². The van der Waals surface area contributed by atoms with Crippen LogP contribution in [-0.4, -0.2) is 40.0 Å². The maximum Gasteiger partial charge on any atom is 0.352 e. The van der Waals surface area contributed by atoms with E-state index < -0.39 is 23.2 Å². The Morgan fingerprint density at radius 1 is 1.13 bits per heavy atom. The van der Waals surface area contributed by atoms with Gasteiger partial charge in [0.25, 0.3) is 0 Å². The number of hydrogen-bond donors (Lipinski definition) is 4.